The highest BCUT2D eigenvalue weighted by atomic mass is 16.5. The van der Waals surface area contributed by atoms with E-state index in [-0.39, 0.29) is 43.8 Å². The van der Waals surface area contributed by atoms with Crippen LogP contribution in [0.3, 0.4) is 0 Å². The van der Waals surface area contributed by atoms with E-state index in [1.165, 1.54) is 31.1 Å². The van der Waals surface area contributed by atoms with Gasteiger partial charge in [-0.25, -0.2) is 4.79 Å². The fourth-order valence-electron chi connectivity index (χ4n) is 3.79. The number of nitrogens with zero attached hydrogens (tertiary/aromatic N) is 2. The molecule has 0 spiro atoms. The van der Waals surface area contributed by atoms with Crippen molar-refractivity contribution in [2.24, 2.45) is 5.92 Å². The van der Waals surface area contributed by atoms with Crippen LogP contribution >= 0.6 is 0 Å². The summed E-state index contributed by atoms with van der Waals surface area (Å²) in [6.07, 6.45) is -0.0529. The largest absolute Gasteiger partial charge is 0.497 e. The number of hydrogen-bond acceptors (Lipinski definition) is 6. The van der Waals surface area contributed by atoms with Gasteiger partial charge < -0.3 is 29.1 Å². The number of carbonyl (C=O) groups excluding carboxylic acids is 2. The van der Waals surface area contributed by atoms with Crippen molar-refractivity contribution in [2.45, 2.75) is 25.0 Å². The SMILES string of the molecule is COc1ccc(N2CC(C(=O)N3CC(OC)CC3C(=O)O)CC2=O)c(OC)c1. The van der Waals surface area contributed by atoms with Crippen LogP contribution < -0.4 is 14.4 Å². The number of hydrogen-bond donors (Lipinski definition) is 1. The molecule has 3 atom stereocenters. The summed E-state index contributed by atoms with van der Waals surface area (Å²) in [5.74, 6) is -1.18. The van der Waals surface area contributed by atoms with Gasteiger partial charge in [-0.15, -0.1) is 0 Å². The normalized spacial score (nSPS) is 24.5. The summed E-state index contributed by atoms with van der Waals surface area (Å²) >= 11 is 0. The van der Waals surface area contributed by atoms with Crippen molar-refractivity contribution in [1.29, 1.82) is 0 Å². The van der Waals surface area contributed by atoms with Crippen molar-refractivity contribution in [2.75, 3.05) is 39.3 Å². The van der Waals surface area contributed by atoms with Crippen molar-refractivity contribution < 1.29 is 33.7 Å². The number of anilines is 1. The minimum Gasteiger partial charge on any atom is -0.497 e. The third-order valence-corrected chi connectivity index (χ3v) is 5.32. The molecule has 1 N–H and O–H groups in total. The zero-order chi connectivity index (χ0) is 20.4. The number of carboxylic acids is 1. The molecular weight excluding hydrogens is 368 g/mol. The number of methoxy groups -OCH3 is 3. The van der Waals surface area contributed by atoms with E-state index in [4.69, 9.17) is 14.2 Å². The van der Waals surface area contributed by atoms with Gasteiger partial charge in [0.05, 0.1) is 31.9 Å². The number of ether oxygens (including phenoxy) is 3. The standard InChI is InChI=1S/C19H24N2O7/c1-26-12-4-5-14(16(8-12)28-3)20-9-11(6-17(20)22)18(23)21-10-13(27-2)7-15(21)19(24)25/h4-5,8,11,13,15H,6-7,9-10H2,1-3H3,(H,24,25). The van der Waals surface area contributed by atoms with Gasteiger partial charge in [0.15, 0.2) is 0 Å². The lowest BCUT2D eigenvalue weighted by Crippen LogP contribution is -2.44. The first-order valence-corrected chi connectivity index (χ1v) is 8.98. The van der Waals surface area contributed by atoms with Crippen LogP contribution in [0.2, 0.25) is 0 Å². The molecule has 0 radical (unpaired) electrons. The van der Waals surface area contributed by atoms with E-state index in [9.17, 15) is 19.5 Å². The number of amides is 2. The van der Waals surface area contributed by atoms with Crippen molar-refractivity contribution in [3.8, 4) is 11.5 Å². The van der Waals surface area contributed by atoms with Gasteiger partial charge in [-0.05, 0) is 12.1 Å². The lowest BCUT2D eigenvalue weighted by atomic mass is 10.1. The van der Waals surface area contributed by atoms with Crippen LogP contribution in [0.15, 0.2) is 18.2 Å². The molecule has 2 aliphatic rings. The maximum absolute atomic E-state index is 13.0. The molecule has 9 nitrogen and oxygen atoms in total. The van der Waals surface area contributed by atoms with E-state index in [2.05, 4.69) is 0 Å². The van der Waals surface area contributed by atoms with Crippen molar-refractivity contribution in [3.05, 3.63) is 18.2 Å². The van der Waals surface area contributed by atoms with Crippen LogP contribution in [0.1, 0.15) is 12.8 Å². The minimum absolute atomic E-state index is 0.0223. The van der Waals surface area contributed by atoms with Crippen molar-refractivity contribution >= 4 is 23.5 Å². The van der Waals surface area contributed by atoms with Gasteiger partial charge in [0, 0.05) is 39.1 Å². The Hall–Kier alpha value is -2.81. The smallest absolute Gasteiger partial charge is 0.326 e. The van der Waals surface area contributed by atoms with Gasteiger partial charge in [0.2, 0.25) is 11.8 Å². The number of likely N-dealkylation sites (tertiary alicyclic amines) is 1. The summed E-state index contributed by atoms with van der Waals surface area (Å²) in [6, 6.07) is 4.16. The van der Waals surface area contributed by atoms with Gasteiger partial charge >= 0.3 is 5.97 Å². The number of carbonyl (C=O) groups is 3. The minimum atomic E-state index is -1.06. The lowest BCUT2D eigenvalue weighted by Gasteiger charge is -2.25. The molecule has 3 rings (SSSR count). The van der Waals surface area contributed by atoms with Gasteiger partial charge in [-0.2, -0.15) is 0 Å². The molecule has 2 fully saturated rings. The Morgan fingerprint density at radius 2 is 1.89 bits per heavy atom. The highest BCUT2D eigenvalue weighted by molar-refractivity contribution is 6.02. The van der Waals surface area contributed by atoms with E-state index in [0.29, 0.717) is 17.2 Å². The van der Waals surface area contributed by atoms with E-state index in [1.54, 1.807) is 18.2 Å². The van der Waals surface area contributed by atoms with Gasteiger partial charge in [-0.1, -0.05) is 0 Å². The molecule has 0 saturated carbocycles. The Bertz CT molecular complexity index is 782. The summed E-state index contributed by atoms with van der Waals surface area (Å²) in [4.78, 5) is 39.9. The Labute approximate surface area is 162 Å². The molecule has 1 aromatic rings. The summed E-state index contributed by atoms with van der Waals surface area (Å²) < 4.78 is 15.8. The molecule has 9 heteroatoms. The Morgan fingerprint density at radius 3 is 2.50 bits per heavy atom. The van der Waals surface area contributed by atoms with Gasteiger partial charge in [0.1, 0.15) is 17.5 Å². The molecule has 0 bridgehead atoms. The second-order valence-corrected chi connectivity index (χ2v) is 6.88. The zero-order valence-electron chi connectivity index (χ0n) is 16.1. The second kappa shape index (κ2) is 8.05. The van der Waals surface area contributed by atoms with Gasteiger partial charge in [0.25, 0.3) is 0 Å². The van der Waals surface area contributed by atoms with Crippen LogP contribution in [0.5, 0.6) is 11.5 Å². The Morgan fingerprint density at radius 1 is 1.14 bits per heavy atom. The molecule has 2 aliphatic heterocycles. The predicted molar refractivity (Wildman–Crippen MR) is 98.6 cm³/mol. The molecule has 0 aliphatic carbocycles. The maximum Gasteiger partial charge on any atom is 0.326 e. The first kappa shape index (κ1) is 19.9. The Kier molecular flexibility index (Phi) is 5.73. The summed E-state index contributed by atoms with van der Waals surface area (Å²) in [6.45, 7) is 0.379. The summed E-state index contributed by atoms with van der Waals surface area (Å²) in [7, 11) is 4.52. The third-order valence-electron chi connectivity index (χ3n) is 5.32. The first-order chi connectivity index (χ1) is 13.4. The average molecular weight is 392 g/mol. The highest BCUT2D eigenvalue weighted by Crippen LogP contribution is 2.36. The number of rotatable bonds is 6. The van der Waals surface area contributed by atoms with Crippen molar-refractivity contribution in [3.63, 3.8) is 0 Å². The van der Waals surface area contributed by atoms with E-state index >= 15 is 0 Å². The average Bonchev–Trinajstić information content (AvgIpc) is 3.30. The van der Waals surface area contributed by atoms with Crippen LogP contribution in [0, 0.1) is 5.92 Å². The van der Waals surface area contributed by atoms with Crippen molar-refractivity contribution in [1.82, 2.24) is 4.90 Å². The topological polar surface area (TPSA) is 106 Å². The van der Waals surface area contributed by atoms with Crippen LogP contribution in [-0.2, 0) is 19.1 Å². The molecule has 28 heavy (non-hydrogen) atoms. The maximum atomic E-state index is 13.0. The number of carboxylic acid groups (broad SMARTS) is 1. The monoisotopic (exact) mass is 392 g/mol. The lowest BCUT2D eigenvalue weighted by molar-refractivity contribution is -0.149. The quantitative estimate of drug-likeness (QED) is 0.762. The zero-order valence-corrected chi connectivity index (χ0v) is 16.1. The molecule has 1 aromatic carbocycles. The summed E-state index contributed by atoms with van der Waals surface area (Å²) in [5, 5.41) is 9.43. The first-order valence-electron chi connectivity index (χ1n) is 8.98. The van der Waals surface area contributed by atoms with E-state index < -0.39 is 17.9 Å². The fourth-order valence-corrected chi connectivity index (χ4v) is 3.79. The van der Waals surface area contributed by atoms with Crippen LogP contribution in [0.25, 0.3) is 0 Å². The molecule has 2 saturated heterocycles. The molecule has 2 amide bonds. The van der Waals surface area contributed by atoms with E-state index in [0.717, 1.165) is 0 Å². The van der Waals surface area contributed by atoms with Crippen LogP contribution in [0.4, 0.5) is 5.69 Å². The fraction of sp³-hybridized carbons (Fsp3) is 0.526. The second-order valence-electron chi connectivity index (χ2n) is 6.88. The molecule has 3 unspecified atom stereocenters. The third kappa shape index (κ3) is 3.62. The highest BCUT2D eigenvalue weighted by Gasteiger charge is 2.45. The number of aliphatic carboxylic acids is 1. The Balaban J connectivity index is 1.79. The van der Waals surface area contributed by atoms with E-state index in [1.807, 2.05) is 0 Å². The predicted octanol–water partition coefficient (Wildman–Crippen LogP) is 0.757. The number of benzene rings is 1. The molecule has 0 aromatic heterocycles. The molecular formula is C19H24N2O7. The van der Waals surface area contributed by atoms with Crippen LogP contribution in [-0.4, -0.2) is 74.4 Å². The van der Waals surface area contributed by atoms with Gasteiger partial charge in [-0.3, -0.25) is 9.59 Å². The summed E-state index contributed by atoms with van der Waals surface area (Å²) in [5.41, 5.74) is 0.551. The molecule has 152 valence electrons. The molecule has 2 heterocycles.